The molecule has 0 aliphatic carbocycles. The molecule has 1 heterocycles. The third-order valence-corrected chi connectivity index (χ3v) is 10.6. The molecule has 1 rings (SSSR count). The van der Waals surface area contributed by atoms with Gasteiger partial charge in [0.05, 0.1) is 0 Å². The summed E-state index contributed by atoms with van der Waals surface area (Å²) in [7, 11) is 0. The van der Waals surface area contributed by atoms with Gasteiger partial charge in [-0.05, 0) is 20.3 Å². The van der Waals surface area contributed by atoms with Crippen LogP contribution in [0.15, 0.2) is 11.1 Å². The first kappa shape index (κ1) is 30.3. The van der Waals surface area contributed by atoms with Crippen LogP contribution >= 0.6 is 19.7 Å². The summed E-state index contributed by atoms with van der Waals surface area (Å²) in [6, 6.07) is -0.839. The number of amides is 3. The van der Waals surface area contributed by atoms with E-state index in [4.69, 9.17) is 8.27 Å². The Hall–Kier alpha value is -1.75. The second kappa shape index (κ2) is 16.0. The van der Waals surface area contributed by atoms with Crippen LogP contribution in [0, 0.1) is 0 Å². The number of hydrogen-bond acceptors (Lipinski definition) is 9. The van der Waals surface area contributed by atoms with E-state index in [1.165, 1.54) is 20.8 Å². The number of Topliss-reactive ketones (excluding diaryl/α,β-unsaturated/α-hetero) is 1. The molecule has 1 aliphatic heterocycles. The zero-order chi connectivity index (χ0) is 25.7. The molecule has 1 aliphatic rings. The number of hydrogen-bond donors (Lipinski definition) is 3. The molecule has 188 valence electrons. The summed E-state index contributed by atoms with van der Waals surface area (Å²) in [4.78, 5) is 69.8. The van der Waals surface area contributed by atoms with Crippen molar-refractivity contribution in [3.8, 4) is 0 Å². The smallest absolute Gasteiger partial charge is 0.386 e. The normalized spacial score (nSPS) is 13.9. The molecule has 0 fully saturated rings. The Morgan fingerprint density at radius 1 is 1.03 bits per heavy atom. The second-order valence-electron chi connectivity index (χ2n) is 7.40. The molecule has 0 saturated heterocycles. The molecule has 1 atom stereocenters. The van der Waals surface area contributed by atoms with Crippen LogP contribution in [0.25, 0.3) is 0 Å². The minimum atomic E-state index is -2.23. The van der Waals surface area contributed by atoms with Crippen LogP contribution in [0.4, 0.5) is 0 Å². The molecule has 0 radical (unpaired) electrons. The number of rotatable bonds is 16. The monoisotopic (exact) mass is 651 g/mol. The molecule has 12 nitrogen and oxygen atoms in total. The first-order valence-corrected chi connectivity index (χ1v) is 20.2. The van der Waals surface area contributed by atoms with Crippen molar-refractivity contribution in [1.82, 2.24) is 14.7 Å². The Kier molecular flexibility index (Phi) is 14.3. The standard InChI is InChI=1S/C18H25N2O8.C2H5NO.Ga.HI/c1-11-13(18(26)28-17(11)25)3-5-16(24)20-14(12(2)22)4-6-15(23)19-7-9-27-10-8-21;1-2(3)4;;/h14H,3-10H2,1-2H3,(H,19,23)(H,20,24);1H3,(H2,3,4);;1H/q-1;;+3;/p-2. The van der Waals surface area contributed by atoms with E-state index in [0.717, 1.165) is 0 Å². The zero-order valence-corrected chi connectivity index (χ0v) is 23.9. The van der Waals surface area contributed by atoms with E-state index in [1.807, 2.05) is 0 Å². The Bertz CT molecular complexity index is 834. The Labute approximate surface area is 214 Å². The van der Waals surface area contributed by atoms with Crippen LogP contribution < -0.4 is 14.7 Å². The van der Waals surface area contributed by atoms with Crippen molar-refractivity contribution in [2.45, 2.75) is 52.5 Å². The number of esters is 2. The molecular formula is C20H29GaIN3O9. The van der Waals surface area contributed by atoms with Crippen molar-refractivity contribution in [1.29, 1.82) is 0 Å². The number of nitrogens with one attached hydrogen (secondary N) is 3. The van der Waals surface area contributed by atoms with Crippen LogP contribution in [0.3, 0.4) is 0 Å². The molecule has 0 aromatic rings. The van der Waals surface area contributed by atoms with Gasteiger partial charge >= 0.3 is 147 Å². The van der Waals surface area contributed by atoms with Crippen molar-refractivity contribution in [3.05, 3.63) is 11.1 Å². The molecule has 1 unspecified atom stereocenters. The predicted octanol–water partition coefficient (Wildman–Crippen LogP) is -0.274. The van der Waals surface area contributed by atoms with Gasteiger partial charge in [0.25, 0.3) is 0 Å². The number of carbonyl (C=O) groups is 6. The van der Waals surface area contributed by atoms with E-state index in [9.17, 15) is 28.8 Å². The predicted molar refractivity (Wildman–Crippen MR) is 128 cm³/mol. The van der Waals surface area contributed by atoms with Gasteiger partial charge in [0.2, 0.25) is 5.91 Å². The van der Waals surface area contributed by atoms with Crippen molar-refractivity contribution >= 4 is 68.4 Å². The molecular weight excluding hydrogens is 623 g/mol. The summed E-state index contributed by atoms with van der Waals surface area (Å²) >= 11 is -0.114. The molecule has 0 aromatic heterocycles. The van der Waals surface area contributed by atoms with Crippen LogP contribution in [-0.2, 0) is 41.8 Å². The summed E-state index contributed by atoms with van der Waals surface area (Å²) in [5.74, 6) is -2.65. The van der Waals surface area contributed by atoms with Crippen LogP contribution in [0.5, 0.6) is 0 Å². The number of ether oxygens (including phenoxy) is 2. The Morgan fingerprint density at radius 2 is 1.74 bits per heavy atom. The maximum absolute atomic E-state index is 12.2. The minimum Gasteiger partial charge on any atom is -0.386 e. The van der Waals surface area contributed by atoms with Gasteiger partial charge in [-0.3, -0.25) is 9.59 Å². The van der Waals surface area contributed by atoms with Gasteiger partial charge in [-0.25, -0.2) is 9.59 Å². The van der Waals surface area contributed by atoms with E-state index in [0.29, 0.717) is 13.2 Å². The Morgan fingerprint density at radius 3 is 2.32 bits per heavy atom. The van der Waals surface area contributed by atoms with Crippen molar-refractivity contribution in [3.63, 3.8) is 0 Å². The molecule has 0 bridgehead atoms. The van der Waals surface area contributed by atoms with Gasteiger partial charge in [-0.15, -0.1) is 0 Å². The van der Waals surface area contributed by atoms with Crippen LogP contribution in [-0.4, -0.2) is 81.1 Å². The van der Waals surface area contributed by atoms with Crippen molar-refractivity contribution < 1.29 is 41.8 Å². The average molecular weight is 652 g/mol. The third kappa shape index (κ3) is 12.1. The average Bonchev–Trinajstić information content (AvgIpc) is 2.99. The maximum atomic E-state index is 12.2. The SMILES string of the molecule is CC(=O)[NH][Ga]([I])[O]CCOCCNC(=O)CCC(NC(=O)CCC1=C(C)C(=O)OC1=O)C(C)=O. The van der Waals surface area contributed by atoms with Gasteiger partial charge < -0.3 is 4.74 Å². The fraction of sp³-hybridized carbons (Fsp3) is 0.600. The van der Waals surface area contributed by atoms with Crippen LogP contribution in [0.1, 0.15) is 46.5 Å². The van der Waals surface area contributed by atoms with Gasteiger partial charge in [0, 0.05) is 17.6 Å². The first-order chi connectivity index (χ1) is 16.0. The number of carbonyl (C=O) groups excluding carboxylic acids is 6. The summed E-state index contributed by atoms with van der Waals surface area (Å²) in [6.07, 6.45) is 0.0709. The number of ketones is 1. The summed E-state index contributed by atoms with van der Waals surface area (Å²) < 4.78 is 18.1. The third-order valence-electron chi connectivity index (χ3n) is 4.66. The van der Waals surface area contributed by atoms with Crippen molar-refractivity contribution in [2.24, 2.45) is 0 Å². The quantitative estimate of drug-likeness (QED) is 0.0669. The minimum absolute atomic E-state index is 0.0209. The molecule has 3 N–H and O–H groups in total. The molecule has 0 saturated carbocycles. The van der Waals surface area contributed by atoms with Gasteiger partial charge in [0.1, 0.15) is 0 Å². The topological polar surface area (TPSA) is 166 Å². The van der Waals surface area contributed by atoms with Gasteiger partial charge in [0.15, 0.2) is 0 Å². The number of cyclic esters (lactones) is 2. The van der Waals surface area contributed by atoms with E-state index in [-0.39, 0.29) is 67.6 Å². The fourth-order valence-corrected chi connectivity index (χ4v) is 7.89. The Balaban J connectivity index is 2.23. The molecule has 3 amide bonds. The first-order valence-electron chi connectivity index (χ1n) is 10.6. The summed E-state index contributed by atoms with van der Waals surface area (Å²) in [5.41, 5.74) is 0.327. The molecule has 0 spiro atoms. The van der Waals surface area contributed by atoms with Crippen molar-refractivity contribution in [2.75, 3.05) is 26.4 Å². The zero-order valence-electron chi connectivity index (χ0n) is 19.4. The molecule has 34 heavy (non-hydrogen) atoms. The van der Waals surface area contributed by atoms with E-state index >= 15 is 0 Å². The summed E-state index contributed by atoms with van der Waals surface area (Å²) in [6.45, 7) is 5.45. The van der Waals surface area contributed by atoms with E-state index in [2.05, 4.69) is 39.1 Å². The van der Waals surface area contributed by atoms with E-state index < -0.39 is 37.2 Å². The van der Waals surface area contributed by atoms with E-state index in [1.54, 1.807) is 0 Å². The van der Waals surface area contributed by atoms with Gasteiger partial charge in [-0.1, -0.05) is 0 Å². The second-order valence-corrected chi connectivity index (χ2v) is 15.9. The fourth-order valence-electron chi connectivity index (χ4n) is 2.81. The van der Waals surface area contributed by atoms with Gasteiger partial charge in [-0.2, -0.15) is 0 Å². The van der Waals surface area contributed by atoms with Crippen LogP contribution in [0.2, 0.25) is 0 Å². The number of halogens is 1. The molecule has 14 heteroatoms. The summed E-state index contributed by atoms with van der Waals surface area (Å²) in [5, 5.41) is 5.23. The molecule has 0 aromatic carbocycles.